The van der Waals surface area contributed by atoms with Gasteiger partial charge in [-0.1, -0.05) is 6.07 Å². The number of hydrogen-bond acceptors (Lipinski definition) is 6. The predicted octanol–water partition coefficient (Wildman–Crippen LogP) is 1.41. The molecule has 2 aliphatic rings. The zero-order valence-corrected chi connectivity index (χ0v) is 15.3. The average molecular weight is 396 g/mol. The number of piperidine rings is 1. The molecule has 2 saturated heterocycles. The third-order valence-electron chi connectivity index (χ3n) is 5.39. The molecule has 2 fully saturated rings. The molecule has 2 aliphatic heterocycles. The topological polar surface area (TPSA) is 98.4 Å². The van der Waals surface area contributed by atoms with Crippen molar-refractivity contribution in [3.05, 3.63) is 52.2 Å². The molecule has 2 unspecified atom stereocenters. The molecular formula is C19H17FN6O3. The first-order valence-electron chi connectivity index (χ1n) is 9.24. The zero-order valence-electron chi connectivity index (χ0n) is 15.3. The number of nitrogens with zero attached hydrogens (tertiary/aromatic N) is 4. The van der Waals surface area contributed by atoms with Gasteiger partial charge in [-0.15, -0.1) is 0 Å². The van der Waals surface area contributed by atoms with Crippen LogP contribution in [0, 0.1) is 24.2 Å². The van der Waals surface area contributed by atoms with Gasteiger partial charge in [0, 0.05) is 24.9 Å². The van der Waals surface area contributed by atoms with Crippen molar-refractivity contribution in [3.8, 4) is 11.6 Å². The Kier molecular flexibility index (Phi) is 4.26. The second kappa shape index (κ2) is 6.95. The molecule has 0 aliphatic carbocycles. The fourth-order valence-electron chi connectivity index (χ4n) is 4.03. The standard InChI is InChI=1S/C19H17FN6O3/c1-21-12-2-3-14(13(20)4-12)26-17-15(25-19(26)27)18(24-9-23-17)29-16-10-5-22-6-11(16)8-28-7-10/h2-4,9-11,16,22H,5-8H2,(H,25,27). The Labute approximate surface area is 164 Å². The number of nitrogens with one attached hydrogen (secondary N) is 2. The van der Waals surface area contributed by atoms with E-state index >= 15 is 0 Å². The summed E-state index contributed by atoms with van der Waals surface area (Å²) in [7, 11) is 0. The lowest BCUT2D eigenvalue weighted by atomic mass is 9.86. The van der Waals surface area contributed by atoms with Crippen LogP contribution >= 0.6 is 0 Å². The van der Waals surface area contributed by atoms with Crippen molar-refractivity contribution in [2.75, 3.05) is 26.3 Å². The summed E-state index contributed by atoms with van der Waals surface area (Å²) in [6.45, 7) is 9.75. The minimum Gasteiger partial charge on any atom is -0.472 e. The molecule has 2 aromatic heterocycles. The Bertz CT molecular complexity index is 1160. The van der Waals surface area contributed by atoms with E-state index in [0.29, 0.717) is 18.7 Å². The highest BCUT2D eigenvalue weighted by Crippen LogP contribution is 2.30. The van der Waals surface area contributed by atoms with Crippen molar-refractivity contribution in [2.45, 2.75) is 6.10 Å². The zero-order chi connectivity index (χ0) is 20.0. The van der Waals surface area contributed by atoms with E-state index < -0.39 is 11.5 Å². The van der Waals surface area contributed by atoms with Crippen LogP contribution in [0.25, 0.3) is 21.7 Å². The van der Waals surface area contributed by atoms with Gasteiger partial charge in [0.2, 0.25) is 5.88 Å². The van der Waals surface area contributed by atoms with E-state index in [1.165, 1.54) is 18.5 Å². The van der Waals surface area contributed by atoms with Crippen LogP contribution in [0.5, 0.6) is 5.88 Å². The number of H-pyrrole nitrogens is 1. The fraction of sp³-hybridized carbons (Fsp3) is 0.368. The van der Waals surface area contributed by atoms with Crippen LogP contribution in [0.2, 0.25) is 0 Å². The molecule has 0 radical (unpaired) electrons. The van der Waals surface area contributed by atoms with Gasteiger partial charge < -0.3 is 14.8 Å². The van der Waals surface area contributed by atoms with E-state index in [4.69, 9.17) is 16.0 Å². The molecule has 2 N–H and O–H groups in total. The van der Waals surface area contributed by atoms with Gasteiger partial charge in [-0.2, -0.15) is 4.98 Å². The molecule has 4 heterocycles. The maximum absolute atomic E-state index is 14.5. The molecule has 10 heteroatoms. The van der Waals surface area contributed by atoms with Gasteiger partial charge in [0.15, 0.2) is 11.3 Å². The van der Waals surface area contributed by atoms with Gasteiger partial charge in [-0.3, -0.25) is 4.98 Å². The van der Waals surface area contributed by atoms with Crippen LogP contribution in [0.1, 0.15) is 0 Å². The number of benzene rings is 1. The molecule has 0 spiro atoms. The van der Waals surface area contributed by atoms with Crippen molar-refractivity contribution >= 4 is 16.9 Å². The molecule has 3 aromatic rings. The Hall–Kier alpha value is -3.29. The highest BCUT2D eigenvalue weighted by atomic mass is 19.1. The quantitative estimate of drug-likeness (QED) is 0.650. The molecule has 1 aromatic carbocycles. The van der Waals surface area contributed by atoms with Crippen LogP contribution in [0.15, 0.2) is 29.3 Å². The smallest absolute Gasteiger partial charge is 0.332 e. The van der Waals surface area contributed by atoms with E-state index in [-0.39, 0.29) is 40.8 Å². The van der Waals surface area contributed by atoms with Crippen molar-refractivity contribution in [2.24, 2.45) is 11.8 Å². The summed E-state index contributed by atoms with van der Waals surface area (Å²) < 4.78 is 27.5. The first-order chi connectivity index (χ1) is 14.2. The highest BCUT2D eigenvalue weighted by molar-refractivity contribution is 5.78. The summed E-state index contributed by atoms with van der Waals surface area (Å²) in [5.41, 5.74) is 0.116. The van der Waals surface area contributed by atoms with Gasteiger partial charge in [0.1, 0.15) is 23.8 Å². The molecule has 2 bridgehead atoms. The van der Waals surface area contributed by atoms with Crippen molar-refractivity contribution < 1.29 is 13.9 Å². The van der Waals surface area contributed by atoms with Gasteiger partial charge in [0.05, 0.1) is 25.5 Å². The number of aromatic nitrogens is 4. The monoisotopic (exact) mass is 396 g/mol. The second-order valence-corrected chi connectivity index (χ2v) is 7.19. The van der Waals surface area contributed by atoms with E-state index in [1.807, 2.05) is 0 Å². The molecule has 148 valence electrons. The molecular weight excluding hydrogens is 379 g/mol. The average Bonchev–Trinajstić information content (AvgIpc) is 3.04. The molecule has 5 rings (SSSR count). The normalized spacial score (nSPS) is 23.7. The summed E-state index contributed by atoms with van der Waals surface area (Å²) in [5.74, 6) is -0.0691. The molecule has 2 atom stereocenters. The lowest BCUT2D eigenvalue weighted by Crippen LogP contribution is -2.56. The summed E-state index contributed by atoms with van der Waals surface area (Å²) >= 11 is 0. The summed E-state index contributed by atoms with van der Waals surface area (Å²) in [5, 5.41) is 3.37. The third-order valence-corrected chi connectivity index (χ3v) is 5.39. The highest BCUT2D eigenvalue weighted by Gasteiger charge is 2.39. The Morgan fingerprint density at radius 2 is 2.07 bits per heavy atom. The number of aromatic amines is 1. The SMILES string of the molecule is [C-]#[N+]c1ccc(-n2c(=O)[nH]c3c(OC4C5CNCC4COC5)ncnc32)c(F)c1. The molecule has 0 saturated carbocycles. The second-order valence-electron chi connectivity index (χ2n) is 7.19. The lowest BCUT2D eigenvalue weighted by Gasteiger charge is -2.41. The molecule has 29 heavy (non-hydrogen) atoms. The minimum atomic E-state index is -0.687. The maximum atomic E-state index is 14.5. The molecule has 0 amide bonds. The van der Waals surface area contributed by atoms with Crippen LogP contribution in [0.3, 0.4) is 0 Å². The number of rotatable bonds is 3. The number of fused-ring (bicyclic) bond motifs is 3. The van der Waals surface area contributed by atoms with E-state index in [0.717, 1.165) is 23.7 Å². The van der Waals surface area contributed by atoms with E-state index in [1.54, 1.807) is 0 Å². The molecule has 9 nitrogen and oxygen atoms in total. The minimum absolute atomic E-state index is 0.00503. The number of imidazole rings is 1. The summed E-state index contributed by atoms with van der Waals surface area (Å²) in [6.07, 6.45) is 1.20. The third kappa shape index (κ3) is 2.95. The van der Waals surface area contributed by atoms with Crippen LogP contribution in [-0.4, -0.2) is 51.9 Å². The first kappa shape index (κ1) is 17.8. The summed E-state index contributed by atoms with van der Waals surface area (Å²) in [6, 6.07) is 3.92. The first-order valence-corrected chi connectivity index (χ1v) is 9.24. The predicted molar refractivity (Wildman–Crippen MR) is 101 cm³/mol. The lowest BCUT2D eigenvalue weighted by molar-refractivity contribution is -0.0830. The van der Waals surface area contributed by atoms with E-state index in [9.17, 15) is 9.18 Å². The number of halogens is 1. The van der Waals surface area contributed by atoms with Crippen molar-refractivity contribution in [1.29, 1.82) is 0 Å². The van der Waals surface area contributed by atoms with Crippen LogP contribution < -0.4 is 15.7 Å². The van der Waals surface area contributed by atoms with E-state index in [2.05, 4.69) is 25.1 Å². The van der Waals surface area contributed by atoms with Crippen LogP contribution in [-0.2, 0) is 4.74 Å². The number of ether oxygens (including phenoxy) is 2. The van der Waals surface area contributed by atoms with Crippen molar-refractivity contribution in [3.63, 3.8) is 0 Å². The largest absolute Gasteiger partial charge is 0.472 e. The van der Waals surface area contributed by atoms with Gasteiger partial charge in [-0.05, 0) is 12.1 Å². The Morgan fingerprint density at radius 1 is 1.28 bits per heavy atom. The Morgan fingerprint density at radius 3 is 2.79 bits per heavy atom. The Balaban J connectivity index is 1.57. The summed E-state index contributed by atoms with van der Waals surface area (Å²) in [4.78, 5) is 26.9. The van der Waals surface area contributed by atoms with Crippen molar-refractivity contribution in [1.82, 2.24) is 24.8 Å². The van der Waals surface area contributed by atoms with Crippen LogP contribution in [0.4, 0.5) is 10.1 Å². The van der Waals surface area contributed by atoms with Gasteiger partial charge >= 0.3 is 5.69 Å². The van der Waals surface area contributed by atoms with Gasteiger partial charge in [-0.25, -0.2) is 23.6 Å². The number of hydrogen-bond donors (Lipinski definition) is 2. The fourth-order valence-corrected chi connectivity index (χ4v) is 4.03. The maximum Gasteiger partial charge on any atom is 0.332 e. The van der Waals surface area contributed by atoms with Gasteiger partial charge in [0.25, 0.3) is 0 Å².